The summed E-state index contributed by atoms with van der Waals surface area (Å²) in [5, 5.41) is 0. The number of rotatable bonds is 2. The molecule has 1 amide bonds. The van der Waals surface area contributed by atoms with E-state index in [0.717, 1.165) is 24.8 Å². The maximum Gasteiger partial charge on any atom is 0.270 e. The Hall–Kier alpha value is -1.92. The van der Waals surface area contributed by atoms with Crippen molar-refractivity contribution in [3.63, 3.8) is 0 Å². The molecule has 1 aliphatic rings. The number of carbonyl (C=O) groups is 1. The second kappa shape index (κ2) is 7.10. The van der Waals surface area contributed by atoms with E-state index >= 15 is 0 Å². The Balaban J connectivity index is 0.00000192. The molecular formula is C16H21ClN4O2. The highest BCUT2D eigenvalue weighted by Crippen LogP contribution is 2.18. The molecular weight excluding hydrogens is 316 g/mol. The zero-order chi connectivity index (χ0) is 15.7. The zero-order valence-corrected chi connectivity index (χ0v) is 13.9. The average Bonchev–Trinajstić information content (AvgIpc) is 2.55. The first kappa shape index (κ1) is 17.4. The van der Waals surface area contributed by atoms with Crippen molar-refractivity contribution < 1.29 is 4.79 Å². The largest absolute Gasteiger partial charge is 0.334 e. The van der Waals surface area contributed by atoms with E-state index in [1.807, 2.05) is 13.0 Å². The van der Waals surface area contributed by atoms with Crippen LogP contribution in [0.3, 0.4) is 0 Å². The van der Waals surface area contributed by atoms with Gasteiger partial charge in [-0.25, -0.2) is 4.98 Å². The fourth-order valence-electron chi connectivity index (χ4n) is 3.00. The summed E-state index contributed by atoms with van der Waals surface area (Å²) < 4.78 is 1.43. The van der Waals surface area contributed by atoms with E-state index in [1.54, 1.807) is 17.2 Å². The summed E-state index contributed by atoms with van der Waals surface area (Å²) in [7, 11) is 0. The number of hydrogen-bond donors (Lipinski definition) is 1. The Bertz CT molecular complexity index is 774. The van der Waals surface area contributed by atoms with Gasteiger partial charge in [-0.05, 0) is 37.8 Å². The molecule has 0 radical (unpaired) electrons. The smallest absolute Gasteiger partial charge is 0.270 e. The van der Waals surface area contributed by atoms with Crippen LogP contribution in [-0.4, -0.2) is 39.3 Å². The van der Waals surface area contributed by atoms with Crippen molar-refractivity contribution in [2.45, 2.75) is 32.2 Å². The number of piperidine rings is 1. The molecule has 23 heavy (non-hydrogen) atoms. The summed E-state index contributed by atoms with van der Waals surface area (Å²) in [5.74, 6) is -0.261. The molecule has 7 heteroatoms. The maximum absolute atomic E-state index is 12.7. The van der Waals surface area contributed by atoms with E-state index < -0.39 is 0 Å². The number of halogens is 1. The number of hydrogen-bond acceptors (Lipinski definition) is 4. The van der Waals surface area contributed by atoms with Crippen LogP contribution >= 0.6 is 12.4 Å². The van der Waals surface area contributed by atoms with Crippen molar-refractivity contribution in [2.75, 3.05) is 13.1 Å². The Kier molecular flexibility index (Phi) is 5.38. The molecule has 0 saturated carbocycles. The third-order valence-electron chi connectivity index (χ3n) is 4.24. The summed E-state index contributed by atoms with van der Waals surface area (Å²) in [6, 6.07) is 3.67. The molecule has 3 rings (SSSR count). The molecule has 2 aromatic heterocycles. The predicted octanol–water partition coefficient (Wildman–Crippen LogP) is 1.38. The summed E-state index contributed by atoms with van der Waals surface area (Å²) in [6.07, 6.45) is 6.00. The van der Waals surface area contributed by atoms with Crippen LogP contribution in [-0.2, 0) is 0 Å². The van der Waals surface area contributed by atoms with E-state index in [9.17, 15) is 9.59 Å². The Morgan fingerprint density at radius 2 is 2.17 bits per heavy atom. The van der Waals surface area contributed by atoms with Crippen LogP contribution in [0.15, 0.2) is 29.3 Å². The van der Waals surface area contributed by atoms with Crippen molar-refractivity contribution in [3.8, 4) is 0 Å². The molecule has 124 valence electrons. The highest BCUT2D eigenvalue weighted by atomic mass is 35.5. The SMILES string of the molecule is Cc1ccc2ncc(C(=O)N3CCCCC3CN)c(=O)n2c1.Cl. The second-order valence-electron chi connectivity index (χ2n) is 5.80. The molecule has 1 atom stereocenters. The number of amides is 1. The molecule has 3 heterocycles. The molecule has 2 aromatic rings. The molecule has 1 fully saturated rings. The highest BCUT2D eigenvalue weighted by molar-refractivity contribution is 5.94. The topological polar surface area (TPSA) is 80.7 Å². The van der Waals surface area contributed by atoms with Gasteiger partial charge < -0.3 is 10.6 Å². The standard InChI is InChI=1S/C16H20N4O2.ClH/c1-11-5-6-14-18-9-13(16(22)20(14)10-11)15(21)19-7-3-2-4-12(19)8-17;/h5-6,9-10,12H,2-4,7-8,17H2,1H3;1H. The van der Waals surface area contributed by atoms with Gasteiger partial charge >= 0.3 is 0 Å². The summed E-state index contributed by atoms with van der Waals surface area (Å²) in [5.41, 5.74) is 7.05. The zero-order valence-electron chi connectivity index (χ0n) is 13.1. The van der Waals surface area contributed by atoms with Gasteiger partial charge in [0, 0.05) is 31.5 Å². The number of carbonyl (C=O) groups excluding carboxylic acids is 1. The summed E-state index contributed by atoms with van der Waals surface area (Å²) in [6.45, 7) is 2.97. The highest BCUT2D eigenvalue weighted by Gasteiger charge is 2.28. The van der Waals surface area contributed by atoms with Gasteiger partial charge in [-0.3, -0.25) is 14.0 Å². The lowest BCUT2D eigenvalue weighted by Gasteiger charge is -2.34. The molecule has 0 spiro atoms. The van der Waals surface area contributed by atoms with Crippen LogP contribution in [0.25, 0.3) is 5.65 Å². The summed E-state index contributed by atoms with van der Waals surface area (Å²) in [4.78, 5) is 31.3. The molecule has 0 aromatic carbocycles. The van der Waals surface area contributed by atoms with E-state index in [-0.39, 0.29) is 35.5 Å². The minimum atomic E-state index is -0.319. The van der Waals surface area contributed by atoms with Gasteiger partial charge in [0.2, 0.25) is 0 Å². The third-order valence-corrected chi connectivity index (χ3v) is 4.24. The Morgan fingerprint density at radius 1 is 1.39 bits per heavy atom. The van der Waals surface area contributed by atoms with Crippen LogP contribution in [0, 0.1) is 6.92 Å². The number of nitrogens with two attached hydrogens (primary N) is 1. The van der Waals surface area contributed by atoms with Gasteiger partial charge in [0.1, 0.15) is 11.2 Å². The predicted molar refractivity (Wildman–Crippen MR) is 91.2 cm³/mol. The maximum atomic E-state index is 12.7. The normalized spacial score (nSPS) is 17.8. The van der Waals surface area contributed by atoms with Crippen molar-refractivity contribution >= 4 is 24.0 Å². The lowest BCUT2D eigenvalue weighted by molar-refractivity contribution is 0.0621. The van der Waals surface area contributed by atoms with E-state index in [2.05, 4.69) is 4.98 Å². The number of likely N-dealkylation sites (tertiary alicyclic amines) is 1. The van der Waals surface area contributed by atoms with Crippen LogP contribution in [0.4, 0.5) is 0 Å². The quantitative estimate of drug-likeness (QED) is 0.898. The molecule has 1 unspecified atom stereocenters. The van der Waals surface area contributed by atoms with Crippen LogP contribution in [0.1, 0.15) is 35.2 Å². The Morgan fingerprint density at radius 3 is 2.91 bits per heavy atom. The minimum absolute atomic E-state index is 0. The first-order valence-corrected chi connectivity index (χ1v) is 7.61. The molecule has 1 saturated heterocycles. The van der Waals surface area contributed by atoms with Crippen molar-refractivity contribution in [3.05, 3.63) is 46.0 Å². The molecule has 1 aliphatic heterocycles. The molecule has 0 aliphatic carbocycles. The lowest BCUT2D eigenvalue weighted by atomic mass is 10.0. The molecule has 2 N–H and O–H groups in total. The first-order chi connectivity index (χ1) is 10.6. The molecule has 6 nitrogen and oxygen atoms in total. The monoisotopic (exact) mass is 336 g/mol. The second-order valence-corrected chi connectivity index (χ2v) is 5.80. The van der Waals surface area contributed by atoms with E-state index in [4.69, 9.17) is 5.73 Å². The van der Waals surface area contributed by atoms with Crippen LogP contribution in [0.2, 0.25) is 0 Å². The minimum Gasteiger partial charge on any atom is -0.334 e. The van der Waals surface area contributed by atoms with Gasteiger partial charge in [-0.15, -0.1) is 12.4 Å². The van der Waals surface area contributed by atoms with Gasteiger partial charge in [0.05, 0.1) is 0 Å². The Labute approximate surface area is 140 Å². The number of aryl methyl sites for hydroxylation is 1. The fraction of sp³-hybridized carbons (Fsp3) is 0.438. The van der Waals surface area contributed by atoms with Crippen molar-refractivity contribution in [1.29, 1.82) is 0 Å². The first-order valence-electron chi connectivity index (χ1n) is 7.61. The van der Waals surface area contributed by atoms with Crippen molar-refractivity contribution in [2.24, 2.45) is 5.73 Å². The fourth-order valence-corrected chi connectivity index (χ4v) is 3.00. The van der Waals surface area contributed by atoms with E-state index in [0.29, 0.717) is 18.7 Å². The van der Waals surface area contributed by atoms with Crippen LogP contribution in [0.5, 0.6) is 0 Å². The lowest BCUT2D eigenvalue weighted by Crippen LogP contribution is -2.48. The third kappa shape index (κ3) is 3.23. The van der Waals surface area contributed by atoms with Gasteiger partial charge in [0.25, 0.3) is 11.5 Å². The van der Waals surface area contributed by atoms with Gasteiger partial charge in [0.15, 0.2) is 0 Å². The number of fused-ring (bicyclic) bond motifs is 1. The average molecular weight is 337 g/mol. The number of aromatic nitrogens is 2. The van der Waals surface area contributed by atoms with Crippen molar-refractivity contribution in [1.82, 2.24) is 14.3 Å². The van der Waals surface area contributed by atoms with Crippen LogP contribution < -0.4 is 11.3 Å². The van der Waals surface area contributed by atoms with Gasteiger partial charge in [-0.1, -0.05) is 6.07 Å². The number of nitrogens with zero attached hydrogens (tertiary/aromatic N) is 3. The molecule has 0 bridgehead atoms. The van der Waals surface area contributed by atoms with E-state index in [1.165, 1.54) is 10.6 Å². The number of pyridine rings is 1. The summed E-state index contributed by atoms with van der Waals surface area (Å²) >= 11 is 0. The van der Waals surface area contributed by atoms with Gasteiger partial charge in [-0.2, -0.15) is 0 Å².